The summed E-state index contributed by atoms with van der Waals surface area (Å²) < 4.78 is 2.25. The summed E-state index contributed by atoms with van der Waals surface area (Å²) in [5.41, 5.74) is 3.00. The molecule has 5 heteroatoms. The van der Waals surface area contributed by atoms with Gasteiger partial charge in [-0.05, 0) is 62.8 Å². The number of amides is 1. The van der Waals surface area contributed by atoms with Crippen LogP contribution < -0.4 is 0 Å². The van der Waals surface area contributed by atoms with Crippen LogP contribution >= 0.6 is 11.6 Å². The Kier molecular flexibility index (Phi) is 5.13. The van der Waals surface area contributed by atoms with Crippen molar-refractivity contribution in [2.24, 2.45) is 0 Å². The average molecular weight is 434 g/mol. The summed E-state index contributed by atoms with van der Waals surface area (Å²) in [6.45, 7) is 4.36. The number of carbonyl (C=O) groups is 1. The van der Waals surface area contributed by atoms with Crippen molar-refractivity contribution < 1.29 is 4.79 Å². The van der Waals surface area contributed by atoms with Crippen LogP contribution in [-0.4, -0.2) is 32.4 Å². The Morgan fingerprint density at radius 3 is 2.55 bits per heavy atom. The van der Waals surface area contributed by atoms with Crippen LogP contribution in [0.4, 0.5) is 0 Å². The number of fused-ring (bicyclic) bond motifs is 3. The van der Waals surface area contributed by atoms with Gasteiger partial charge in [-0.3, -0.25) is 4.79 Å². The van der Waals surface area contributed by atoms with E-state index in [1.54, 1.807) is 0 Å². The Hall–Kier alpha value is -2.59. The number of benzene rings is 2. The maximum atomic E-state index is 13.4. The van der Waals surface area contributed by atoms with Crippen LogP contribution in [-0.2, 0) is 10.3 Å². The predicted molar refractivity (Wildman–Crippen MR) is 124 cm³/mol. The lowest BCUT2D eigenvalue weighted by atomic mass is 9.79. The number of aromatic nitrogens is 2. The zero-order valence-electron chi connectivity index (χ0n) is 18.1. The summed E-state index contributed by atoms with van der Waals surface area (Å²) in [4.78, 5) is 20.2. The van der Waals surface area contributed by atoms with Gasteiger partial charge in [0.05, 0.1) is 5.54 Å². The third kappa shape index (κ3) is 3.20. The molecule has 0 bridgehead atoms. The Bertz CT molecular complexity index is 1100. The van der Waals surface area contributed by atoms with Crippen LogP contribution in [0, 0.1) is 0 Å². The lowest BCUT2D eigenvalue weighted by Crippen LogP contribution is -2.48. The van der Waals surface area contributed by atoms with Crippen LogP contribution in [0.3, 0.4) is 0 Å². The largest absolute Gasteiger partial charge is 0.337 e. The zero-order chi connectivity index (χ0) is 21.6. The normalized spacial score (nSPS) is 24.7. The molecule has 5 rings (SSSR count). The van der Waals surface area contributed by atoms with E-state index in [1.165, 1.54) is 12.0 Å². The van der Waals surface area contributed by atoms with E-state index < -0.39 is 5.54 Å². The first-order valence-electron chi connectivity index (χ1n) is 11.2. The first kappa shape index (κ1) is 20.3. The van der Waals surface area contributed by atoms with Gasteiger partial charge in [0.1, 0.15) is 5.82 Å². The Morgan fingerprint density at radius 2 is 1.81 bits per heavy atom. The zero-order valence-corrected chi connectivity index (χ0v) is 18.8. The van der Waals surface area contributed by atoms with Crippen molar-refractivity contribution in [2.75, 3.05) is 0 Å². The molecule has 3 atom stereocenters. The lowest BCUT2D eigenvalue weighted by Gasteiger charge is -2.40. The van der Waals surface area contributed by atoms with Crippen molar-refractivity contribution >= 4 is 17.5 Å². The van der Waals surface area contributed by atoms with Gasteiger partial charge < -0.3 is 9.47 Å². The smallest absolute Gasteiger partial charge is 0.223 e. The first-order valence-corrected chi connectivity index (χ1v) is 11.6. The molecule has 2 aliphatic rings. The SMILES string of the molecule is CC1CCCC(C)N1C(=O)CCC1(c2ccc(Cl)cc2)c2ccccc2-c2nccn21. The molecule has 160 valence electrons. The van der Waals surface area contributed by atoms with Gasteiger partial charge in [0.15, 0.2) is 0 Å². The molecular formula is C26H28ClN3O. The maximum Gasteiger partial charge on any atom is 0.223 e. The number of imidazole rings is 1. The highest BCUT2D eigenvalue weighted by molar-refractivity contribution is 6.30. The Morgan fingerprint density at radius 1 is 1.10 bits per heavy atom. The number of halogens is 1. The Balaban J connectivity index is 1.57. The minimum absolute atomic E-state index is 0.249. The van der Waals surface area contributed by atoms with E-state index in [4.69, 9.17) is 11.6 Å². The molecule has 0 aliphatic carbocycles. The highest BCUT2D eigenvalue weighted by atomic mass is 35.5. The van der Waals surface area contributed by atoms with Crippen molar-refractivity contribution in [3.63, 3.8) is 0 Å². The summed E-state index contributed by atoms with van der Waals surface area (Å²) in [5, 5.41) is 0.711. The number of hydrogen-bond acceptors (Lipinski definition) is 2. The third-order valence-electron chi connectivity index (χ3n) is 7.17. The number of likely N-dealkylation sites (tertiary alicyclic amines) is 1. The van der Waals surface area contributed by atoms with Gasteiger partial charge in [-0.1, -0.05) is 48.0 Å². The standard InChI is InChI=1S/C26H28ClN3O/c1-18-6-5-7-19(2)30(18)24(31)14-15-26(20-10-12-21(27)13-11-20)23-9-4-3-8-22(23)25-28-16-17-29(25)26/h3-4,8-13,16-19H,5-7,14-15H2,1-2H3. The minimum atomic E-state index is -0.467. The van der Waals surface area contributed by atoms with Gasteiger partial charge in [-0.25, -0.2) is 4.98 Å². The summed E-state index contributed by atoms with van der Waals surface area (Å²) in [6, 6.07) is 17.1. The van der Waals surface area contributed by atoms with Gasteiger partial charge in [0.25, 0.3) is 0 Å². The minimum Gasteiger partial charge on any atom is -0.337 e. The van der Waals surface area contributed by atoms with Gasteiger partial charge in [-0.15, -0.1) is 0 Å². The van der Waals surface area contributed by atoms with Crippen LogP contribution in [0.1, 0.15) is 57.1 Å². The van der Waals surface area contributed by atoms with E-state index >= 15 is 0 Å². The van der Waals surface area contributed by atoms with Crippen molar-refractivity contribution in [3.05, 3.63) is 77.1 Å². The highest BCUT2D eigenvalue weighted by Gasteiger charge is 2.45. The molecule has 3 heterocycles. The molecule has 0 spiro atoms. The van der Waals surface area contributed by atoms with Crippen LogP contribution in [0.15, 0.2) is 60.9 Å². The summed E-state index contributed by atoms with van der Waals surface area (Å²) in [7, 11) is 0. The van der Waals surface area contributed by atoms with Crippen LogP contribution in [0.25, 0.3) is 11.4 Å². The molecule has 1 amide bonds. The van der Waals surface area contributed by atoms with Crippen molar-refractivity contribution in [1.82, 2.24) is 14.5 Å². The van der Waals surface area contributed by atoms with E-state index in [9.17, 15) is 4.79 Å². The van der Waals surface area contributed by atoms with Crippen LogP contribution in [0.2, 0.25) is 5.02 Å². The van der Waals surface area contributed by atoms with Gasteiger partial charge in [0.2, 0.25) is 5.91 Å². The van der Waals surface area contributed by atoms with Crippen molar-refractivity contribution in [2.45, 2.75) is 63.6 Å². The molecule has 0 N–H and O–H groups in total. The molecule has 1 fully saturated rings. The quantitative estimate of drug-likeness (QED) is 0.515. The maximum absolute atomic E-state index is 13.4. The Labute approximate surface area is 188 Å². The third-order valence-corrected chi connectivity index (χ3v) is 7.42. The monoisotopic (exact) mass is 433 g/mol. The molecule has 0 radical (unpaired) electrons. The van der Waals surface area contributed by atoms with E-state index in [2.05, 4.69) is 64.7 Å². The number of rotatable bonds is 4. The number of piperidine rings is 1. The molecule has 31 heavy (non-hydrogen) atoms. The topological polar surface area (TPSA) is 38.1 Å². The van der Waals surface area contributed by atoms with Gasteiger partial charge in [-0.2, -0.15) is 0 Å². The fourth-order valence-corrected chi connectivity index (χ4v) is 5.85. The lowest BCUT2D eigenvalue weighted by molar-refractivity contribution is -0.137. The molecule has 0 saturated carbocycles. The molecule has 3 aromatic rings. The molecular weight excluding hydrogens is 406 g/mol. The summed E-state index contributed by atoms with van der Waals surface area (Å²) in [5.74, 6) is 1.21. The fourth-order valence-electron chi connectivity index (χ4n) is 5.73. The second-order valence-corrected chi connectivity index (χ2v) is 9.40. The second kappa shape index (κ2) is 7.83. The highest BCUT2D eigenvalue weighted by Crippen LogP contribution is 2.49. The predicted octanol–water partition coefficient (Wildman–Crippen LogP) is 5.88. The van der Waals surface area contributed by atoms with Crippen molar-refractivity contribution in [3.8, 4) is 11.4 Å². The van der Waals surface area contributed by atoms with Crippen LogP contribution in [0.5, 0.6) is 0 Å². The molecule has 3 unspecified atom stereocenters. The number of nitrogens with zero attached hydrogens (tertiary/aromatic N) is 3. The van der Waals surface area contributed by atoms with E-state index in [0.29, 0.717) is 29.9 Å². The summed E-state index contributed by atoms with van der Waals surface area (Å²) in [6.07, 6.45) is 8.45. The van der Waals surface area contributed by atoms with E-state index in [0.717, 1.165) is 29.8 Å². The van der Waals surface area contributed by atoms with Gasteiger partial charge >= 0.3 is 0 Å². The van der Waals surface area contributed by atoms with Crippen molar-refractivity contribution in [1.29, 1.82) is 0 Å². The first-order chi connectivity index (χ1) is 15.0. The average Bonchev–Trinajstić information content (AvgIpc) is 3.34. The van der Waals surface area contributed by atoms with E-state index in [-0.39, 0.29) is 5.91 Å². The van der Waals surface area contributed by atoms with Gasteiger partial charge in [0, 0.05) is 41.5 Å². The number of hydrogen-bond donors (Lipinski definition) is 0. The van der Waals surface area contributed by atoms with E-state index in [1.807, 2.05) is 24.5 Å². The molecule has 2 aliphatic heterocycles. The second-order valence-electron chi connectivity index (χ2n) is 8.96. The molecule has 4 nitrogen and oxygen atoms in total. The number of carbonyl (C=O) groups excluding carboxylic acids is 1. The molecule has 2 aromatic carbocycles. The fraction of sp³-hybridized carbons (Fsp3) is 0.385. The molecule has 1 saturated heterocycles. The molecule has 1 aromatic heterocycles. The summed E-state index contributed by atoms with van der Waals surface area (Å²) >= 11 is 6.22.